The van der Waals surface area contributed by atoms with Crippen LogP contribution >= 0.6 is 23.4 Å². The van der Waals surface area contributed by atoms with E-state index in [0.29, 0.717) is 5.56 Å². The van der Waals surface area contributed by atoms with Crippen molar-refractivity contribution in [1.29, 1.82) is 0 Å². The van der Waals surface area contributed by atoms with Crippen LogP contribution in [0, 0.1) is 0 Å². The molecule has 3 nitrogen and oxygen atoms in total. The molecule has 0 unspecified atom stereocenters. The average Bonchev–Trinajstić information content (AvgIpc) is 3.25. The zero-order valence-corrected chi connectivity index (χ0v) is 18.9. The van der Waals surface area contributed by atoms with Gasteiger partial charge in [0.05, 0.1) is 6.21 Å². The van der Waals surface area contributed by atoms with Crippen molar-refractivity contribution >= 4 is 46.3 Å². The fourth-order valence-electron chi connectivity index (χ4n) is 4.06. The Labute approximate surface area is 196 Å². The molecule has 4 aromatic carbocycles. The highest BCUT2D eigenvalue weighted by molar-refractivity contribution is 7.98. The molecule has 0 saturated carbocycles. The van der Waals surface area contributed by atoms with E-state index in [9.17, 15) is 4.79 Å². The van der Waals surface area contributed by atoms with E-state index >= 15 is 0 Å². The molecule has 0 atom stereocenters. The van der Waals surface area contributed by atoms with E-state index in [0.717, 1.165) is 39.6 Å². The quantitative estimate of drug-likeness (QED) is 0.200. The Kier molecular flexibility index (Phi) is 5.97. The van der Waals surface area contributed by atoms with Gasteiger partial charge in [-0.1, -0.05) is 54.1 Å². The van der Waals surface area contributed by atoms with Crippen molar-refractivity contribution in [1.82, 2.24) is 5.43 Å². The number of rotatable bonds is 6. The minimum absolute atomic E-state index is 0.218. The summed E-state index contributed by atoms with van der Waals surface area (Å²) < 4.78 is 0. The highest BCUT2D eigenvalue weighted by atomic mass is 35.5. The maximum atomic E-state index is 12.5. The second-order valence-corrected chi connectivity index (χ2v) is 9.28. The number of carbonyl (C=O) groups excluding carboxylic acids is 1. The Bertz CT molecular complexity index is 1300. The molecule has 158 valence electrons. The van der Waals surface area contributed by atoms with Gasteiger partial charge in [-0.05, 0) is 76.7 Å². The van der Waals surface area contributed by atoms with Gasteiger partial charge in [0.1, 0.15) is 0 Å². The zero-order chi connectivity index (χ0) is 21.9. The van der Waals surface area contributed by atoms with Crippen LogP contribution in [0.1, 0.15) is 32.6 Å². The number of nitrogens with zero attached hydrogens (tertiary/aromatic N) is 1. The summed E-state index contributed by atoms with van der Waals surface area (Å²) >= 11 is 7.66. The highest BCUT2D eigenvalue weighted by Crippen LogP contribution is 2.32. The molecule has 0 aromatic heterocycles. The van der Waals surface area contributed by atoms with E-state index in [1.54, 1.807) is 18.0 Å². The normalized spacial score (nSPS) is 12.5. The van der Waals surface area contributed by atoms with Crippen molar-refractivity contribution in [3.8, 4) is 0 Å². The smallest absolute Gasteiger partial charge is 0.267 e. The molecule has 1 aliphatic rings. The Hall–Kier alpha value is -3.08. The number of nitrogens with one attached hydrogen (secondary N) is 1. The van der Waals surface area contributed by atoms with Gasteiger partial charge in [0.2, 0.25) is 0 Å². The van der Waals surface area contributed by atoms with Crippen molar-refractivity contribution in [2.75, 3.05) is 0 Å². The standard InChI is InChI=1S/C27H21ClN2OS/c28-23-12-14-24(15-13-23)32-17-18-4-6-21(7-5-18)27(31)30-29-16-22-11-10-20-9-8-19-2-1-3-25(22)26(19)20/h1-7,10-16H,8-9,17H2,(H,30,31)/b29-16+. The molecular formula is C27H21ClN2OS. The number of hydrazone groups is 1. The number of thioether (sulfide) groups is 1. The average molecular weight is 457 g/mol. The molecule has 5 rings (SSSR count). The van der Waals surface area contributed by atoms with Gasteiger partial charge in [-0.25, -0.2) is 5.43 Å². The van der Waals surface area contributed by atoms with Gasteiger partial charge in [-0.3, -0.25) is 4.79 Å². The second kappa shape index (κ2) is 9.19. The van der Waals surface area contributed by atoms with E-state index in [2.05, 4.69) is 40.9 Å². The van der Waals surface area contributed by atoms with Gasteiger partial charge in [-0.2, -0.15) is 5.10 Å². The highest BCUT2D eigenvalue weighted by Gasteiger charge is 2.15. The second-order valence-electron chi connectivity index (χ2n) is 7.79. The minimum Gasteiger partial charge on any atom is -0.267 e. The predicted molar refractivity (Wildman–Crippen MR) is 134 cm³/mol. The number of hydrogen-bond acceptors (Lipinski definition) is 3. The lowest BCUT2D eigenvalue weighted by Crippen LogP contribution is -2.17. The minimum atomic E-state index is -0.218. The van der Waals surface area contributed by atoms with Gasteiger partial charge >= 0.3 is 0 Å². The Morgan fingerprint density at radius 2 is 1.69 bits per heavy atom. The van der Waals surface area contributed by atoms with Gasteiger partial charge < -0.3 is 0 Å². The topological polar surface area (TPSA) is 41.5 Å². The molecule has 5 heteroatoms. The van der Waals surface area contributed by atoms with Crippen LogP contribution in [0.5, 0.6) is 0 Å². The third kappa shape index (κ3) is 4.43. The Balaban J connectivity index is 1.22. The van der Waals surface area contributed by atoms with Crippen molar-refractivity contribution in [3.63, 3.8) is 0 Å². The molecule has 1 amide bonds. The maximum Gasteiger partial charge on any atom is 0.271 e. The molecule has 1 aliphatic carbocycles. The van der Waals surface area contributed by atoms with Crippen LogP contribution in [0.15, 0.2) is 88.9 Å². The van der Waals surface area contributed by atoms with Crippen molar-refractivity contribution in [2.45, 2.75) is 23.5 Å². The van der Waals surface area contributed by atoms with Crippen LogP contribution in [0.2, 0.25) is 5.02 Å². The molecule has 0 saturated heterocycles. The summed E-state index contributed by atoms with van der Waals surface area (Å²) in [6.07, 6.45) is 3.92. The van der Waals surface area contributed by atoms with Crippen LogP contribution in [-0.2, 0) is 18.6 Å². The molecule has 1 N–H and O–H groups in total. The van der Waals surface area contributed by atoms with E-state index in [1.807, 2.05) is 48.5 Å². The number of benzene rings is 4. The molecule has 0 radical (unpaired) electrons. The molecular weight excluding hydrogens is 436 g/mol. The summed E-state index contributed by atoms with van der Waals surface area (Å²) in [5, 5.41) is 7.49. The summed E-state index contributed by atoms with van der Waals surface area (Å²) in [7, 11) is 0. The first-order chi connectivity index (χ1) is 15.7. The monoisotopic (exact) mass is 456 g/mol. The zero-order valence-electron chi connectivity index (χ0n) is 17.3. The first-order valence-electron chi connectivity index (χ1n) is 10.5. The van der Waals surface area contributed by atoms with Gasteiger partial charge in [0, 0.05) is 26.8 Å². The first kappa shape index (κ1) is 20.8. The molecule has 32 heavy (non-hydrogen) atoms. The molecule has 0 aliphatic heterocycles. The molecule has 0 bridgehead atoms. The SMILES string of the molecule is O=C(N/N=C/c1ccc2c3c(cccc13)CC2)c1ccc(CSc2ccc(Cl)cc2)cc1. The van der Waals surface area contributed by atoms with E-state index < -0.39 is 0 Å². The summed E-state index contributed by atoms with van der Waals surface area (Å²) in [5.41, 5.74) is 8.19. The molecule has 0 spiro atoms. The Morgan fingerprint density at radius 3 is 2.47 bits per heavy atom. The number of hydrogen-bond donors (Lipinski definition) is 1. The molecule has 0 fully saturated rings. The van der Waals surface area contributed by atoms with E-state index in [1.165, 1.54) is 21.9 Å². The fourth-order valence-corrected chi connectivity index (χ4v) is 5.04. The summed E-state index contributed by atoms with van der Waals surface area (Å²) in [6.45, 7) is 0. The largest absolute Gasteiger partial charge is 0.271 e. The molecule has 4 aromatic rings. The van der Waals surface area contributed by atoms with Crippen molar-refractivity contribution in [3.05, 3.63) is 112 Å². The third-order valence-corrected chi connectivity index (χ3v) is 7.05. The van der Waals surface area contributed by atoms with E-state index in [-0.39, 0.29) is 5.91 Å². The summed E-state index contributed by atoms with van der Waals surface area (Å²) in [6, 6.07) is 26.1. The predicted octanol–water partition coefficient (Wildman–Crippen LogP) is 6.65. The van der Waals surface area contributed by atoms with Crippen LogP contribution in [-0.4, -0.2) is 12.1 Å². The molecule has 0 heterocycles. The van der Waals surface area contributed by atoms with Gasteiger partial charge in [0.25, 0.3) is 5.91 Å². The van der Waals surface area contributed by atoms with Gasteiger partial charge in [0.15, 0.2) is 0 Å². The van der Waals surface area contributed by atoms with Crippen molar-refractivity contribution in [2.24, 2.45) is 5.10 Å². The lowest BCUT2D eigenvalue weighted by atomic mass is 10.0. The fraction of sp³-hybridized carbons (Fsp3) is 0.111. The maximum absolute atomic E-state index is 12.5. The lowest BCUT2D eigenvalue weighted by molar-refractivity contribution is 0.0955. The summed E-state index contributed by atoms with van der Waals surface area (Å²) in [5.74, 6) is 0.608. The van der Waals surface area contributed by atoms with Crippen LogP contribution in [0.4, 0.5) is 0 Å². The lowest BCUT2D eigenvalue weighted by Gasteiger charge is -2.06. The first-order valence-corrected chi connectivity index (χ1v) is 11.9. The number of halogens is 1. The summed E-state index contributed by atoms with van der Waals surface area (Å²) in [4.78, 5) is 13.7. The van der Waals surface area contributed by atoms with Crippen molar-refractivity contribution < 1.29 is 4.79 Å². The number of amides is 1. The van der Waals surface area contributed by atoms with Crippen LogP contribution in [0.3, 0.4) is 0 Å². The van der Waals surface area contributed by atoms with Crippen LogP contribution < -0.4 is 5.43 Å². The number of aryl methyl sites for hydroxylation is 2. The Morgan fingerprint density at radius 1 is 0.938 bits per heavy atom. The number of carbonyl (C=O) groups is 1. The third-order valence-electron chi connectivity index (χ3n) is 5.72. The van der Waals surface area contributed by atoms with Gasteiger partial charge in [-0.15, -0.1) is 11.8 Å². The van der Waals surface area contributed by atoms with E-state index in [4.69, 9.17) is 11.6 Å². The van der Waals surface area contributed by atoms with Crippen LogP contribution in [0.25, 0.3) is 10.8 Å².